The van der Waals surface area contributed by atoms with Gasteiger partial charge < -0.3 is 37.9 Å². The Balaban J connectivity index is 3.10. The zero-order valence-corrected chi connectivity index (χ0v) is 20.7. The highest BCUT2D eigenvalue weighted by molar-refractivity contribution is 5.69. The van der Waals surface area contributed by atoms with Crippen molar-refractivity contribution >= 4 is 5.97 Å². The minimum absolute atomic E-state index is 0.134. The van der Waals surface area contributed by atoms with Crippen LogP contribution in [0.15, 0.2) is 0 Å². The van der Waals surface area contributed by atoms with Crippen LogP contribution < -0.4 is 0 Å². The van der Waals surface area contributed by atoms with E-state index >= 15 is 0 Å². The summed E-state index contributed by atoms with van der Waals surface area (Å²) in [5.41, 5.74) is -0.408. The Kier molecular flexibility index (Phi) is 22.8. The minimum atomic E-state index is -0.408. The van der Waals surface area contributed by atoms with E-state index in [-0.39, 0.29) is 5.97 Å². The van der Waals surface area contributed by atoms with Crippen molar-refractivity contribution in [3.63, 3.8) is 0 Å². The van der Waals surface area contributed by atoms with Gasteiger partial charge in [-0.05, 0) is 33.6 Å². The van der Waals surface area contributed by atoms with Crippen LogP contribution in [0.4, 0.5) is 0 Å². The van der Waals surface area contributed by atoms with Gasteiger partial charge in [0.25, 0.3) is 0 Å². The Morgan fingerprint density at radius 1 is 0.531 bits per heavy atom. The number of hydrogen-bond acceptors (Lipinski definition) is 9. The molecule has 0 heterocycles. The summed E-state index contributed by atoms with van der Waals surface area (Å²) in [6, 6.07) is 0. The number of unbranched alkanes of at least 4 members (excludes halogenated alkanes) is 2. The maximum absolute atomic E-state index is 11.6. The molecule has 0 aliphatic heterocycles. The zero-order chi connectivity index (χ0) is 23.8. The molecule has 0 saturated carbocycles. The number of rotatable bonds is 24. The number of ether oxygens (including phenoxy) is 8. The molecule has 0 radical (unpaired) electrons. The average Bonchev–Trinajstić information content (AvgIpc) is 2.73. The highest BCUT2D eigenvalue weighted by Crippen LogP contribution is 2.10. The van der Waals surface area contributed by atoms with Gasteiger partial charge in [-0.25, -0.2) is 0 Å². The highest BCUT2D eigenvalue weighted by Gasteiger charge is 2.15. The standard InChI is InChI=1S/C23H46O9/c1-23(2,3)32-22(24)8-6-5-7-9-26-12-13-28-16-17-30-20-21-31-19-18-29-15-14-27-11-10-25-4/h5-21H2,1-4H3. The largest absolute Gasteiger partial charge is 0.460 e. The smallest absolute Gasteiger partial charge is 0.306 e. The second kappa shape index (κ2) is 23.4. The molecular formula is C23H46O9. The molecule has 0 N–H and O–H groups in total. The first-order valence-electron chi connectivity index (χ1n) is 11.6. The zero-order valence-electron chi connectivity index (χ0n) is 20.7. The molecule has 0 fully saturated rings. The number of hydrogen-bond donors (Lipinski definition) is 0. The van der Waals surface area contributed by atoms with Gasteiger partial charge in [0, 0.05) is 20.1 Å². The topological polar surface area (TPSA) is 90.9 Å². The predicted octanol–water partition coefficient (Wildman–Crippen LogP) is 2.63. The normalized spacial score (nSPS) is 11.8. The Labute approximate surface area is 194 Å². The van der Waals surface area contributed by atoms with Gasteiger partial charge >= 0.3 is 5.97 Å². The fourth-order valence-electron chi connectivity index (χ4n) is 2.39. The Hall–Kier alpha value is -0.810. The molecule has 0 aromatic carbocycles. The van der Waals surface area contributed by atoms with Crippen molar-refractivity contribution in [2.45, 2.75) is 52.1 Å². The van der Waals surface area contributed by atoms with E-state index in [1.807, 2.05) is 20.8 Å². The molecule has 0 rings (SSSR count). The Morgan fingerprint density at radius 3 is 1.28 bits per heavy atom. The molecular weight excluding hydrogens is 420 g/mol. The van der Waals surface area contributed by atoms with Crippen LogP contribution in [0.3, 0.4) is 0 Å². The summed E-state index contributed by atoms with van der Waals surface area (Å²) >= 11 is 0. The second-order valence-electron chi connectivity index (χ2n) is 8.06. The van der Waals surface area contributed by atoms with E-state index < -0.39 is 5.60 Å². The summed E-state index contributed by atoms with van der Waals surface area (Å²) in [4.78, 5) is 11.6. The van der Waals surface area contributed by atoms with Crippen molar-refractivity contribution in [1.29, 1.82) is 0 Å². The van der Waals surface area contributed by atoms with E-state index in [4.69, 9.17) is 37.9 Å². The summed E-state index contributed by atoms with van der Waals surface area (Å²) in [5, 5.41) is 0. The summed E-state index contributed by atoms with van der Waals surface area (Å²) in [7, 11) is 1.65. The predicted molar refractivity (Wildman–Crippen MR) is 121 cm³/mol. The fraction of sp³-hybridized carbons (Fsp3) is 0.957. The molecule has 0 atom stereocenters. The monoisotopic (exact) mass is 466 g/mol. The maximum atomic E-state index is 11.6. The maximum Gasteiger partial charge on any atom is 0.306 e. The first-order chi connectivity index (χ1) is 15.5. The van der Waals surface area contributed by atoms with Crippen LogP contribution >= 0.6 is 0 Å². The minimum Gasteiger partial charge on any atom is -0.460 e. The number of methoxy groups -OCH3 is 1. The lowest BCUT2D eigenvalue weighted by molar-refractivity contribution is -0.154. The molecule has 0 saturated heterocycles. The van der Waals surface area contributed by atoms with Crippen LogP contribution in [-0.4, -0.2) is 105 Å². The molecule has 0 aromatic rings. The van der Waals surface area contributed by atoms with Crippen molar-refractivity contribution in [3.05, 3.63) is 0 Å². The van der Waals surface area contributed by atoms with E-state index in [1.54, 1.807) is 7.11 Å². The van der Waals surface area contributed by atoms with Crippen LogP contribution in [0.25, 0.3) is 0 Å². The first kappa shape index (κ1) is 31.2. The lowest BCUT2D eigenvalue weighted by Gasteiger charge is -2.19. The van der Waals surface area contributed by atoms with Crippen LogP contribution in [0, 0.1) is 0 Å². The Morgan fingerprint density at radius 2 is 0.906 bits per heavy atom. The second-order valence-corrected chi connectivity index (χ2v) is 8.06. The van der Waals surface area contributed by atoms with Crippen LogP contribution in [0.2, 0.25) is 0 Å². The van der Waals surface area contributed by atoms with E-state index in [1.165, 1.54) is 0 Å². The van der Waals surface area contributed by atoms with Gasteiger partial charge in [-0.2, -0.15) is 0 Å². The molecule has 0 amide bonds. The van der Waals surface area contributed by atoms with E-state index in [2.05, 4.69) is 0 Å². The van der Waals surface area contributed by atoms with Crippen LogP contribution in [0.1, 0.15) is 46.5 Å². The molecule has 32 heavy (non-hydrogen) atoms. The molecule has 0 aliphatic carbocycles. The average molecular weight is 467 g/mol. The number of carbonyl (C=O) groups is 1. The quantitative estimate of drug-likeness (QED) is 0.157. The van der Waals surface area contributed by atoms with Crippen molar-refractivity contribution in [3.8, 4) is 0 Å². The summed E-state index contributed by atoms with van der Waals surface area (Å²) in [6.07, 6.45) is 3.17. The summed E-state index contributed by atoms with van der Waals surface area (Å²) < 4.78 is 42.6. The van der Waals surface area contributed by atoms with Crippen molar-refractivity contribution in [2.24, 2.45) is 0 Å². The third kappa shape index (κ3) is 27.2. The van der Waals surface area contributed by atoms with Gasteiger partial charge in [-0.3, -0.25) is 4.79 Å². The lowest BCUT2D eigenvalue weighted by Crippen LogP contribution is -2.23. The molecule has 192 valence electrons. The van der Waals surface area contributed by atoms with Crippen LogP contribution in [-0.2, 0) is 42.7 Å². The van der Waals surface area contributed by atoms with E-state index in [0.29, 0.717) is 92.3 Å². The van der Waals surface area contributed by atoms with Gasteiger partial charge in [-0.15, -0.1) is 0 Å². The molecule has 9 heteroatoms. The molecule has 0 spiro atoms. The van der Waals surface area contributed by atoms with Gasteiger partial charge in [0.15, 0.2) is 0 Å². The summed E-state index contributed by atoms with van der Waals surface area (Å²) in [6.45, 7) is 12.9. The first-order valence-corrected chi connectivity index (χ1v) is 11.6. The SMILES string of the molecule is COCCOCCOCCOCCOCCOCCOCCCCCC(=O)OC(C)(C)C. The summed E-state index contributed by atoms with van der Waals surface area (Å²) in [5.74, 6) is -0.134. The van der Waals surface area contributed by atoms with Crippen molar-refractivity contribution in [2.75, 3.05) is 93.0 Å². The lowest BCUT2D eigenvalue weighted by atomic mass is 10.1. The number of carbonyl (C=O) groups excluding carboxylic acids is 1. The third-order valence-electron chi connectivity index (χ3n) is 3.88. The highest BCUT2D eigenvalue weighted by atomic mass is 16.6. The van der Waals surface area contributed by atoms with Crippen LogP contribution in [0.5, 0.6) is 0 Å². The van der Waals surface area contributed by atoms with E-state index in [0.717, 1.165) is 19.3 Å². The molecule has 0 unspecified atom stereocenters. The van der Waals surface area contributed by atoms with E-state index in [9.17, 15) is 4.79 Å². The van der Waals surface area contributed by atoms with Gasteiger partial charge in [0.05, 0.1) is 79.3 Å². The molecule has 0 aliphatic rings. The van der Waals surface area contributed by atoms with Gasteiger partial charge in [0.2, 0.25) is 0 Å². The van der Waals surface area contributed by atoms with Crippen molar-refractivity contribution < 1.29 is 42.7 Å². The van der Waals surface area contributed by atoms with Gasteiger partial charge in [-0.1, -0.05) is 6.42 Å². The molecule has 9 nitrogen and oxygen atoms in total. The molecule has 0 aromatic heterocycles. The third-order valence-corrected chi connectivity index (χ3v) is 3.88. The number of esters is 1. The van der Waals surface area contributed by atoms with Gasteiger partial charge in [0.1, 0.15) is 5.60 Å². The fourth-order valence-corrected chi connectivity index (χ4v) is 2.39. The Bertz CT molecular complexity index is 399. The molecule has 0 bridgehead atoms. The van der Waals surface area contributed by atoms with Crippen molar-refractivity contribution in [1.82, 2.24) is 0 Å².